The third-order valence-corrected chi connectivity index (χ3v) is 3.12. The first kappa shape index (κ1) is 27.3. The van der Waals surface area contributed by atoms with Crippen molar-refractivity contribution in [1.82, 2.24) is 19.9 Å². The van der Waals surface area contributed by atoms with Crippen molar-refractivity contribution in [2.75, 3.05) is 12.3 Å². The second-order valence-electron chi connectivity index (χ2n) is 6.25. The van der Waals surface area contributed by atoms with Gasteiger partial charge in [-0.1, -0.05) is 27.7 Å². The molecular formula is C19H37N5O2S. The number of nitrogen functional groups attached to an aromatic ring is 1. The third-order valence-electron chi connectivity index (χ3n) is 3.12. The van der Waals surface area contributed by atoms with Gasteiger partial charge in [0.15, 0.2) is 0 Å². The summed E-state index contributed by atoms with van der Waals surface area (Å²) in [6.07, 6.45) is 3.84. The van der Waals surface area contributed by atoms with Crippen LogP contribution in [0.5, 0.6) is 0 Å². The van der Waals surface area contributed by atoms with Crippen LogP contribution in [0, 0.1) is 6.92 Å². The highest BCUT2D eigenvalue weighted by molar-refractivity contribution is 7.59. The quantitative estimate of drug-likeness (QED) is 0.743. The lowest BCUT2D eigenvalue weighted by Crippen LogP contribution is -2.33. The normalized spacial score (nSPS) is 9.93. The van der Waals surface area contributed by atoms with Gasteiger partial charge in [-0.2, -0.15) is 13.5 Å². The van der Waals surface area contributed by atoms with Crippen LogP contribution in [0.3, 0.4) is 0 Å². The predicted octanol–water partition coefficient (Wildman–Crippen LogP) is 4.40. The van der Waals surface area contributed by atoms with E-state index in [2.05, 4.69) is 15.3 Å². The predicted molar refractivity (Wildman–Crippen MR) is 119 cm³/mol. The van der Waals surface area contributed by atoms with Crippen LogP contribution in [-0.2, 0) is 11.3 Å². The summed E-state index contributed by atoms with van der Waals surface area (Å²) in [6, 6.07) is 0. The van der Waals surface area contributed by atoms with E-state index in [1.807, 2.05) is 66.2 Å². The molecule has 0 aromatic carbocycles. The van der Waals surface area contributed by atoms with Crippen molar-refractivity contribution >= 4 is 36.4 Å². The molecule has 156 valence electrons. The number of carbonyl (C=O) groups is 1. The van der Waals surface area contributed by atoms with E-state index < -0.39 is 11.7 Å². The molecule has 2 aromatic heterocycles. The molecular weight excluding hydrogens is 362 g/mol. The summed E-state index contributed by atoms with van der Waals surface area (Å²) in [5.74, 6) is 0.494. The highest BCUT2D eigenvalue weighted by Gasteiger charge is 2.15. The molecule has 8 heteroatoms. The van der Waals surface area contributed by atoms with E-state index in [4.69, 9.17) is 10.5 Å². The Kier molecular flexibility index (Phi) is 13.4. The lowest BCUT2D eigenvalue weighted by atomic mass is 10.2. The van der Waals surface area contributed by atoms with Gasteiger partial charge in [-0.05, 0) is 39.7 Å². The highest BCUT2D eigenvalue weighted by atomic mass is 32.1. The van der Waals surface area contributed by atoms with Gasteiger partial charge in [-0.3, -0.25) is 0 Å². The molecule has 1 amide bonds. The number of alkyl carbamates (subject to hydrolysis) is 1. The van der Waals surface area contributed by atoms with E-state index in [0.29, 0.717) is 12.4 Å². The number of anilines is 1. The smallest absolute Gasteiger partial charge is 0.407 e. The zero-order valence-corrected chi connectivity index (χ0v) is 19.0. The molecule has 3 N–H and O–H groups in total. The Morgan fingerprint density at radius 1 is 1.22 bits per heavy atom. The lowest BCUT2D eigenvalue weighted by molar-refractivity contribution is 0.0527. The molecule has 0 spiro atoms. The average molecular weight is 400 g/mol. The molecule has 2 heterocycles. The molecule has 0 aliphatic heterocycles. The van der Waals surface area contributed by atoms with Gasteiger partial charge in [-0.25, -0.2) is 14.8 Å². The van der Waals surface area contributed by atoms with Gasteiger partial charge in [0, 0.05) is 19.3 Å². The minimum absolute atomic E-state index is 0. The van der Waals surface area contributed by atoms with Crippen LogP contribution < -0.4 is 11.1 Å². The van der Waals surface area contributed by atoms with Gasteiger partial charge in [0.2, 0.25) is 0 Å². The minimum atomic E-state index is -0.480. The number of rotatable bonds is 4. The molecule has 0 saturated heterocycles. The monoisotopic (exact) mass is 399 g/mol. The first-order valence-electron chi connectivity index (χ1n) is 9.30. The van der Waals surface area contributed by atoms with E-state index in [9.17, 15) is 4.79 Å². The fourth-order valence-electron chi connectivity index (χ4n) is 2.27. The highest BCUT2D eigenvalue weighted by Crippen LogP contribution is 2.22. The third kappa shape index (κ3) is 8.99. The van der Waals surface area contributed by atoms with Crippen LogP contribution in [0.15, 0.2) is 12.5 Å². The lowest BCUT2D eigenvalue weighted by Gasteiger charge is -2.19. The van der Waals surface area contributed by atoms with Crippen molar-refractivity contribution in [3.63, 3.8) is 0 Å². The summed E-state index contributed by atoms with van der Waals surface area (Å²) < 4.78 is 7.21. The Balaban J connectivity index is 0. The van der Waals surface area contributed by atoms with E-state index in [-0.39, 0.29) is 13.5 Å². The maximum atomic E-state index is 11.6. The zero-order chi connectivity index (χ0) is 20.3. The number of ether oxygens (including phenoxy) is 1. The van der Waals surface area contributed by atoms with Gasteiger partial charge >= 0.3 is 6.09 Å². The maximum absolute atomic E-state index is 11.6. The largest absolute Gasteiger partial charge is 0.444 e. The van der Waals surface area contributed by atoms with Crippen molar-refractivity contribution in [1.29, 1.82) is 0 Å². The first-order valence-corrected chi connectivity index (χ1v) is 9.30. The van der Waals surface area contributed by atoms with Crippen LogP contribution >= 0.6 is 13.5 Å². The molecule has 0 fully saturated rings. The summed E-state index contributed by atoms with van der Waals surface area (Å²) in [4.78, 5) is 19.9. The van der Waals surface area contributed by atoms with Gasteiger partial charge in [0.05, 0.1) is 5.39 Å². The summed E-state index contributed by atoms with van der Waals surface area (Å²) in [7, 11) is 0. The number of nitrogens with two attached hydrogens (primary N) is 1. The summed E-state index contributed by atoms with van der Waals surface area (Å²) in [5.41, 5.74) is 7.28. The molecule has 0 bridgehead atoms. The topological polar surface area (TPSA) is 95.1 Å². The molecule has 0 atom stereocenters. The van der Waals surface area contributed by atoms with Gasteiger partial charge in [0.1, 0.15) is 23.4 Å². The Hall–Kier alpha value is -1.96. The van der Waals surface area contributed by atoms with Crippen LogP contribution in [0.2, 0.25) is 0 Å². The van der Waals surface area contributed by atoms with Crippen LogP contribution in [0.1, 0.15) is 60.5 Å². The number of hydrogen-bond donors (Lipinski definition) is 2. The van der Waals surface area contributed by atoms with Crippen molar-refractivity contribution in [3.05, 3.63) is 18.1 Å². The Labute approximate surface area is 170 Å². The molecule has 0 saturated carbocycles. The molecule has 7 nitrogen and oxygen atoms in total. The standard InChI is InChI=1S/C15H23N5O2.2C2H6.H2S/c1-10-8-20(13-11(10)12(16)18-9-19-13)7-5-6-17-14(21)22-15(2,3)4;2*1-2;/h8-9H,5-7H2,1-4H3,(H,17,21)(H2,16,18,19);2*1-2H3;1H2. The number of carbonyl (C=O) groups excluding carboxylic acids is 1. The fourth-order valence-corrected chi connectivity index (χ4v) is 2.27. The van der Waals surface area contributed by atoms with Crippen LogP contribution in [-0.4, -0.2) is 32.8 Å². The van der Waals surface area contributed by atoms with Crippen molar-refractivity contribution < 1.29 is 9.53 Å². The molecule has 0 radical (unpaired) electrons. The SMILES string of the molecule is CC.CC.Cc1cn(CCCNC(=O)OC(C)(C)C)c2ncnc(N)c12.S. The first-order chi connectivity index (χ1) is 12.3. The van der Waals surface area contributed by atoms with E-state index in [1.54, 1.807) is 0 Å². The molecule has 2 aromatic rings. The molecule has 0 unspecified atom stereocenters. The second kappa shape index (κ2) is 13.2. The van der Waals surface area contributed by atoms with Gasteiger partial charge in [0.25, 0.3) is 0 Å². The second-order valence-corrected chi connectivity index (χ2v) is 6.25. The van der Waals surface area contributed by atoms with E-state index >= 15 is 0 Å². The molecule has 0 aliphatic rings. The minimum Gasteiger partial charge on any atom is -0.444 e. The maximum Gasteiger partial charge on any atom is 0.407 e. The average Bonchev–Trinajstić information content (AvgIpc) is 2.91. The van der Waals surface area contributed by atoms with Crippen molar-refractivity contribution in [2.45, 2.75) is 74.0 Å². The van der Waals surface area contributed by atoms with E-state index in [1.165, 1.54) is 6.33 Å². The van der Waals surface area contributed by atoms with Gasteiger partial charge in [-0.15, -0.1) is 0 Å². The summed E-state index contributed by atoms with van der Waals surface area (Å²) >= 11 is 0. The van der Waals surface area contributed by atoms with Gasteiger partial charge < -0.3 is 20.4 Å². The fraction of sp³-hybridized carbons (Fsp3) is 0.632. The summed E-state index contributed by atoms with van der Waals surface area (Å²) in [6.45, 7) is 16.8. The zero-order valence-electron chi connectivity index (χ0n) is 18.0. The van der Waals surface area contributed by atoms with E-state index in [0.717, 1.165) is 29.6 Å². The number of aryl methyl sites for hydroxylation is 2. The molecule has 0 aliphatic carbocycles. The number of nitrogens with zero attached hydrogens (tertiary/aromatic N) is 3. The number of aromatic nitrogens is 3. The number of fused-ring (bicyclic) bond motifs is 1. The Morgan fingerprint density at radius 3 is 2.37 bits per heavy atom. The molecule has 27 heavy (non-hydrogen) atoms. The van der Waals surface area contributed by atoms with Crippen molar-refractivity contribution in [3.8, 4) is 0 Å². The Bertz CT molecular complexity index is 681. The van der Waals surface area contributed by atoms with Crippen LogP contribution in [0.25, 0.3) is 11.0 Å². The molecule has 2 rings (SSSR count). The number of hydrogen-bond acceptors (Lipinski definition) is 5. The number of nitrogens with one attached hydrogen (secondary N) is 1. The number of amides is 1. The Morgan fingerprint density at radius 2 is 1.81 bits per heavy atom. The van der Waals surface area contributed by atoms with Crippen LogP contribution in [0.4, 0.5) is 10.6 Å². The van der Waals surface area contributed by atoms with Crippen molar-refractivity contribution in [2.24, 2.45) is 0 Å². The summed E-state index contributed by atoms with van der Waals surface area (Å²) in [5, 5.41) is 3.64.